The van der Waals surface area contributed by atoms with E-state index in [1.807, 2.05) is 0 Å². The Morgan fingerprint density at radius 2 is 1.07 bits per heavy atom. The molecule has 0 aromatic rings. The summed E-state index contributed by atoms with van der Waals surface area (Å²) >= 11 is 0. The standard InChI is InChI=1S/C24H41NO2/c1-2-3-4-5-6-7-8-9-10-11-12-13-14-15-16-17-20-25-23-21-22(26)18-19-24(23)27/h18-19,21,25H,2-17,20H2,1H3. The van der Waals surface area contributed by atoms with Gasteiger partial charge in [0.25, 0.3) is 0 Å². The quantitative estimate of drug-likeness (QED) is 0.222. The first kappa shape index (κ1) is 23.7. The van der Waals surface area contributed by atoms with Crippen molar-refractivity contribution in [3.63, 3.8) is 0 Å². The van der Waals surface area contributed by atoms with Gasteiger partial charge in [-0.15, -0.1) is 0 Å². The smallest absolute Gasteiger partial charge is 0.201 e. The van der Waals surface area contributed by atoms with Gasteiger partial charge in [-0.3, -0.25) is 9.59 Å². The lowest BCUT2D eigenvalue weighted by Crippen LogP contribution is -2.23. The van der Waals surface area contributed by atoms with Gasteiger partial charge in [0.2, 0.25) is 5.78 Å². The maximum Gasteiger partial charge on any atom is 0.201 e. The zero-order valence-electron chi connectivity index (χ0n) is 17.6. The van der Waals surface area contributed by atoms with Gasteiger partial charge < -0.3 is 5.32 Å². The van der Waals surface area contributed by atoms with Crippen molar-refractivity contribution in [1.82, 2.24) is 5.32 Å². The summed E-state index contributed by atoms with van der Waals surface area (Å²) in [6.07, 6.45) is 25.8. The van der Waals surface area contributed by atoms with Crippen LogP contribution in [0, 0.1) is 0 Å². The second-order valence-corrected chi connectivity index (χ2v) is 7.89. The summed E-state index contributed by atoms with van der Waals surface area (Å²) in [4.78, 5) is 22.8. The molecule has 1 rings (SSSR count). The minimum atomic E-state index is -0.107. The lowest BCUT2D eigenvalue weighted by atomic mass is 10.0. The summed E-state index contributed by atoms with van der Waals surface area (Å²) in [5.74, 6) is -0.199. The number of nitrogens with one attached hydrogen (secondary N) is 1. The van der Waals surface area contributed by atoms with Crippen LogP contribution >= 0.6 is 0 Å². The van der Waals surface area contributed by atoms with Crippen LogP contribution in [-0.2, 0) is 9.59 Å². The lowest BCUT2D eigenvalue weighted by Gasteiger charge is -2.10. The van der Waals surface area contributed by atoms with Gasteiger partial charge in [0.05, 0.1) is 5.70 Å². The van der Waals surface area contributed by atoms with Crippen LogP contribution in [-0.4, -0.2) is 18.1 Å². The molecule has 1 aliphatic carbocycles. The molecule has 0 unspecified atom stereocenters. The Kier molecular flexibility index (Phi) is 14.7. The summed E-state index contributed by atoms with van der Waals surface area (Å²) in [5.41, 5.74) is 0.448. The van der Waals surface area contributed by atoms with Crippen molar-refractivity contribution >= 4 is 11.6 Å². The van der Waals surface area contributed by atoms with Crippen molar-refractivity contribution in [1.29, 1.82) is 0 Å². The highest BCUT2D eigenvalue weighted by molar-refractivity contribution is 6.16. The van der Waals surface area contributed by atoms with E-state index in [9.17, 15) is 9.59 Å². The largest absolute Gasteiger partial charge is 0.382 e. The van der Waals surface area contributed by atoms with Gasteiger partial charge in [0.1, 0.15) is 0 Å². The number of unbranched alkanes of at least 4 members (excludes halogenated alkanes) is 15. The number of carbonyl (C=O) groups excluding carboxylic acids is 2. The zero-order chi connectivity index (χ0) is 19.6. The molecule has 0 spiro atoms. The second-order valence-electron chi connectivity index (χ2n) is 7.89. The molecule has 27 heavy (non-hydrogen) atoms. The number of allylic oxidation sites excluding steroid dienone is 3. The van der Waals surface area contributed by atoms with E-state index in [2.05, 4.69) is 12.2 Å². The van der Waals surface area contributed by atoms with Gasteiger partial charge in [0, 0.05) is 12.6 Å². The third-order valence-corrected chi connectivity index (χ3v) is 5.30. The van der Waals surface area contributed by atoms with E-state index < -0.39 is 0 Å². The van der Waals surface area contributed by atoms with E-state index in [-0.39, 0.29) is 11.6 Å². The van der Waals surface area contributed by atoms with Crippen molar-refractivity contribution in [3.8, 4) is 0 Å². The molecule has 0 aromatic heterocycles. The fourth-order valence-corrected chi connectivity index (χ4v) is 3.54. The number of rotatable bonds is 18. The first-order chi connectivity index (χ1) is 13.2. The molecule has 0 saturated heterocycles. The monoisotopic (exact) mass is 375 g/mol. The number of ketones is 2. The van der Waals surface area contributed by atoms with Crippen LogP contribution in [0.3, 0.4) is 0 Å². The Balaban J connectivity index is 1.77. The highest BCUT2D eigenvalue weighted by Gasteiger charge is 2.11. The van der Waals surface area contributed by atoms with E-state index in [4.69, 9.17) is 0 Å². The van der Waals surface area contributed by atoms with Crippen LogP contribution in [0.2, 0.25) is 0 Å². The number of hydrogen-bond acceptors (Lipinski definition) is 3. The van der Waals surface area contributed by atoms with Gasteiger partial charge in [-0.05, 0) is 18.6 Å². The van der Waals surface area contributed by atoms with Crippen molar-refractivity contribution in [3.05, 3.63) is 23.9 Å². The molecule has 0 amide bonds. The maximum absolute atomic E-state index is 11.6. The molecule has 1 aliphatic rings. The van der Waals surface area contributed by atoms with E-state index in [0.29, 0.717) is 5.70 Å². The lowest BCUT2D eigenvalue weighted by molar-refractivity contribution is -0.114. The maximum atomic E-state index is 11.6. The normalized spacial score (nSPS) is 13.9. The van der Waals surface area contributed by atoms with E-state index in [1.54, 1.807) is 0 Å². The van der Waals surface area contributed by atoms with Crippen LogP contribution < -0.4 is 5.32 Å². The van der Waals surface area contributed by atoms with Gasteiger partial charge in [-0.25, -0.2) is 0 Å². The Morgan fingerprint density at radius 1 is 0.630 bits per heavy atom. The SMILES string of the molecule is CCCCCCCCCCCCCCCCCCNC1=CC(=O)C=CC1=O. The predicted octanol–water partition coefficient (Wildman–Crippen LogP) is 6.43. The molecule has 0 saturated carbocycles. The zero-order valence-corrected chi connectivity index (χ0v) is 17.6. The summed E-state index contributed by atoms with van der Waals surface area (Å²) in [6.45, 7) is 3.05. The Hall–Kier alpha value is -1.38. The van der Waals surface area contributed by atoms with Crippen molar-refractivity contribution < 1.29 is 9.59 Å². The van der Waals surface area contributed by atoms with Gasteiger partial charge in [-0.2, -0.15) is 0 Å². The predicted molar refractivity (Wildman–Crippen MR) is 115 cm³/mol. The minimum Gasteiger partial charge on any atom is -0.382 e. The Bertz CT molecular complexity index is 465. The molecule has 0 fully saturated rings. The van der Waals surface area contributed by atoms with Gasteiger partial charge >= 0.3 is 0 Å². The molecule has 0 atom stereocenters. The summed E-state index contributed by atoms with van der Waals surface area (Å²) in [5, 5.41) is 3.09. The first-order valence-electron chi connectivity index (χ1n) is 11.5. The van der Waals surface area contributed by atoms with Crippen LogP contribution in [0.25, 0.3) is 0 Å². The first-order valence-corrected chi connectivity index (χ1v) is 11.5. The molecular formula is C24H41NO2. The molecule has 154 valence electrons. The topological polar surface area (TPSA) is 46.2 Å². The molecule has 0 bridgehead atoms. The van der Waals surface area contributed by atoms with Crippen LogP contribution in [0.15, 0.2) is 23.9 Å². The van der Waals surface area contributed by atoms with E-state index in [0.717, 1.165) is 13.0 Å². The molecule has 0 heterocycles. The molecule has 0 aliphatic heterocycles. The fraction of sp³-hybridized carbons (Fsp3) is 0.750. The average Bonchev–Trinajstić information content (AvgIpc) is 2.67. The molecule has 0 aromatic carbocycles. The summed E-state index contributed by atoms with van der Waals surface area (Å²) in [7, 11) is 0. The second kappa shape index (κ2) is 16.8. The van der Waals surface area contributed by atoms with Crippen molar-refractivity contribution in [2.75, 3.05) is 6.54 Å². The Labute approximate surface area is 167 Å². The average molecular weight is 376 g/mol. The number of carbonyl (C=O) groups is 2. The van der Waals surface area contributed by atoms with Gasteiger partial charge in [0.15, 0.2) is 5.78 Å². The summed E-state index contributed by atoms with van der Waals surface area (Å²) < 4.78 is 0. The molecule has 3 heteroatoms. The molecule has 3 nitrogen and oxygen atoms in total. The molecular weight excluding hydrogens is 334 g/mol. The fourth-order valence-electron chi connectivity index (χ4n) is 3.54. The molecule has 1 N–H and O–H groups in total. The van der Waals surface area contributed by atoms with Crippen LogP contribution in [0.1, 0.15) is 110 Å². The third-order valence-electron chi connectivity index (χ3n) is 5.30. The molecule has 0 radical (unpaired) electrons. The van der Waals surface area contributed by atoms with E-state index in [1.165, 1.54) is 115 Å². The number of hydrogen-bond donors (Lipinski definition) is 1. The van der Waals surface area contributed by atoms with Crippen molar-refractivity contribution in [2.24, 2.45) is 0 Å². The Morgan fingerprint density at radius 3 is 1.56 bits per heavy atom. The highest BCUT2D eigenvalue weighted by Crippen LogP contribution is 2.13. The minimum absolute atomic E-state index is 0.0916. The summed E-state index contributed by atoms with van der Waals surface area (Å²) in [6, 6.07) is 0. The highest BCUT2D eigenvalue weighted by atomic mass is 16.1. The van der Waals surface area contributed by atoms with E-state index >= 15 is 0 Å². The van der Waals surface area contributed by atoms with Gasteiger partial charge in [-0.1, -0.05) is 103 Å². The van der Waals surface area contributed by atoms with Crippen molar-refractivity contribution in [2.45, 2.75) is 110 Å². The van der Waals surface area contributed by atoms with Crippen LogP contribution in [0.5, 0.6) is 0 Å². The van der Waals surface area contributed by atoms with Crippen LogP contribution in [0.4, 0.5) is 0 Å². The third kappa shape index (κ3) is 13.4.